The zero-order valence-electron chi connectivity index (χ0n) is 12.4. The topological polar surface area (TPSA) is 59.3 Å². The van der Waals surface area contributed by atoms with Crippen LogP contribution < -0.4 is 5.32 Å². The molecule has 3 aromatic rings. The maximum absolute atomic E-state index is 12.3. The van der Waals surface area contributed by atoms with E-state index in [1.165, 1.54) is 12.8 Å². The van der Waals surface area contributed by atoms with Gasteiger partial charge < -0.3 is 5.32 Å². The van der Waals surface area contributed by atoms with E-state index in [-0.39, 0.29) is 5.91 Å². The van der Waals surface area contributed by atoms with E-state index in [9.17, 15) is 4.79 Å². The van der Waals surface area contributed by atoms with E-state index in [1.54, 1.807) is 10.6 Å². The third-order valence-electron chi connectivity index (χ3n) is 3.93. The van der Waals surface area contributed by atoms with Gasteiger partial charge in [0.05, 0.1) is 11.9 Å². The van der Waals surface area contributed by atoms with Crippen molar-refractivity contribution in [3.8, 4) is 0 Å². The van der Waals surface area contributed by atoms with Crippen LogP contribution in [-0.4, -0.2) is 20.5 Å². The fourth-order valence-electron chi connectivity index (χ4n) is 2.47. The van der Waals surface area contributed by atoms with Crippen molar-refractivity contribution in [1.82, 2.24) is 19.9 Å². The number of nitrogens with zero attached hydrogens (tertiary/aromatic N) is 3. The fourth-order valence-corrected chi connectivity index (χ4v) is 2.74. The molecule has 2 aromatic heterocycles. The van der Waals surface area contributed by atoms with Crippen molar-refractivity contribution in [3.63, 3.8) is 0 Å². The molecule has 0 unspecified atom stereocenters. The SMILES string of the molecule is O=C(NCc1ccc(Br)cc1)c1ccc2nc(C3CC3)cn2n1. The van der Waals surface area contributed by atoms with E-state index < -0.39 is 0 Å². The quantitative estimate of drug-likeness (QED) is 0.766. The van der Waals surface area contributed by atoms with Gasteiger partial charge in [-0.25, -0.2) is 9.50 Å². The molecule has 23 heavy (non-hydrogen) atoms. The molecule has 0 radical (unpaired) electrons. The standard InChI is InChI=1S/C17H15BrN4O/c18-13-5-1-11(2-6-13)9-19-17(23)14-7-8-16-20-15(12-3-4-12)10-22(16)21-14/h1-2,5-8,10,12H,3-4,9H2,(H,19,23). The van der Waals surface area contributed by atoms with Gasteiger partial charge in [0.1, 0.15) is 5.69 Å². The Morgan fingerprint density at radius 3 is 2.74 bits per heavy atom. The number of halogens is 1. The van der Waals surface area contributed by atoms with Crippen LogP contribution in [0.3, 0.4) is 0 Å². The third-order valence-corrected chi connectivity index (χ3v) is 4.46. The highest BCUT2D eigenvalue weighted by Gasteiger charge is 2.26. The Labute approximate surface area is 141 Å². The van der Waals surface area contributed by atoms with Gasteiger partial charge in [0, 0.05) is 16.9 Å². The van der Waals surface area contributed by atoms with Crippen LogP contribution in [0.25, 0.3) is 5.65 Å². The first-order valence-electron chi connectivity index (χ1n) is 7.58. The molecule has 4 rings (SSSR count). The van der Waals surface area contributed by atoms with Gasteiger partial charge in [-0.05, 0) is 42.7 Å². The molecule has 6 heteroatoms. The summed E-state index contributed by atoms with van der Waals surface area (Å²) < 4.78 is 2.72. The van der Waals surface area contributed by atoms with Crippen LogP contribution in [0.4, 0.5) is 0 Å². The van der Waals surface area contributed by atoms with Crippen molar-refractivity contribution in [2.75, 3.05) is 0 Å². The lowest BCUT2D eigenvalue weighted by atomic mass is 10.2. The molecule has 1 amide bonds. The van der Waals surface area contributed by atoms with Gasteiger partial charge in [-0.2, -0.15) is 5.10 Å². The van der Waals surface area contributed by atoms with E-state index in [2.05, 4.69) is 31.3 Å². The maximum Gasteiger partial charge on any atom is 0.272 e. The number of hydrogen-bond acceptors (Lipinski definition) is 3. The first kappa shape index (κ1) is 14.4. The predicted molar refractivity (Wildman–Crippen MR) is 90.3 cm³/mol. The number of hydrogen-bond donors (Lipinski definition) is 1. The summed E-state index contributed by atoms with van der Waals surface area (Å²) in [5.41, 5.74) is 3.30. The zero-order chi connectivity index (χ0) is 15.8. The van der Waals surface area contributed by atoms with E-state index in [1.807, 2.05) is 36.5 Å². The molecule has 0 bridgehead atoms. The molecule has 1 fully saturated rings. The average molecular weight is 371 g/mol. The lowest BCUT2D eigenvalue weighted by Gasteiger charge is -2.05. The average Bonchev–Trinajstić information content (AvgIpc) is 3.33. The Morgan fingerprint density at radius 2 is 2.00 bits per heavy atom. The molecular weight excluding hydrogens is 356 g/mol. The van der Waals surface area contributed by atoms with Gasteiger partial charge in [0.2, 0.25) is 0 Å². The minimum Gasteiger partial charge on any atom is -0.347 e. The number of benzene rings is 1. The number of rotatable bonds is 4. The number of carbonyl (C=O) groups is 1. The van der Waals surface area contributed by atoms with Crippen LogP contribution in [0.15, 0.2) is 47.1 Å². The number of amides is 1. The molecule has 5 nitrogen and oxygen atoms in total. The van der Waals surface area contributed by atoms with Gasteiger partial charge in [-0.15, -0.1) is 0 Å². The smallest absolute Gasteiger partial charge is 0.272 e. The van der Waals surface area contributed by atoms with E-state index >= 15 is 0 Å². The van der Waals surface area contributed by atoms with Crippen molar-refractivity contribution in [3.05, 3.63) is 64.0 Å². The third kappa shape index (κ3) is 3.12. The first-order chi connectivity index (χ1) is 11.2. The minimum atomic E-state index is -0.184. The maximum atomic E-state index is 12.3. The van der Waals surface area contributed by atoms with Crippen molar-refractivity contribution in [2.24, 2.45) is 0 Å². The normalized spacial score (nSPS) is 14.1. The Morgan fingerprint density at radius 1 is 1.22 bits per heavy atom. The van der Waals surface area contributed by atoms with Crippen molar-refractivity contribution in [2.45, 2.75) is 25.3 Å². The molecule has 0 aliphatic heterocycles. The van der Waals surface area contributed by atoms with Gasteiger partial charge >= 0.3 is 0 Å². The molecule has 0 saturated heterocycles. The molecule has 0 spiro atoms. The van der Waals surface area contributed by atoms with Gasteiger partial charge in [-0.3, -0.25) is 4.79 Å². The highest BCUT2D eigenvalue weighted by molar-refractivity contribution is 9.10. The van der Waals surface area contributed by atoms with Gasteiger partial charge in [0.15, 0.2) is 5.65 Å². The Balaban J connectivity index is 1.48. The number of carbonyl (C=O) groups excluding carboxylic acids is 1. The van der Waals surface area contributed by atoms with Crippen molar-refractivity contribution >= 4 is 27.5 Å². The Bertz CT molecular complexity index is 868. The molecular formula is C17H15BrN4O. The highest BCUT2D eigenvalue weighted by Crippen LogP contribution is 2.39. The molecule has 0 atom stereocenters. The van der Waals surface area contributed by atoms with Crippen LogP contribution in [0, 0.1) is 0 Å². The molecule has 1 N–H and O–H groups in total. The van der Waals surface area contributed by atoms with Gasteiger partial charge in [-0.1, -0.05) is 28.1 Å². The largest absolute Gasteiger partial charge is 0.347 e. The minimum absolute atomic E-state index is 0.184. The number of aromatic nitrogens is 3. The summed E-state index contributed by atoms with van der Waals surface area (Å²) in [5, 5.41) is 7.26. The zero-order valence-corrected chi connectivity index (χ0v) is 14.0. The fraction of sp³-hybridized carbons (Fsp3) is 0.235. The van der Waals surface area contributed by atoms with Crippen LogP contribution in [0.2, 0.25) is 0 Å². The summed E-state index contributed by atoms with van der Waals surface area (Å²) >= 11 is 3.40. The highest BCUT2D eigenvalue weighted by atomic mass is 79.9. The molecule has 1 aliphatic carbocycles. The second-order valence-electron chi connectivity index (χ2n) is 5.77. The molecule has 1 aromatic carbocycles. The summed E-state index contributed by atoms with van der Waals surface area (Å²) in [6, 6.07) is 11.4. The van der Waals surface area contributed by atoms with Gasteiger partial charge in [0.25, 0.3) is 5.91 Å². The molecule has 1 saturated carbocycles. The molecule has 1 aliphatic rings. The Kier molecular flexibility index (Phi) is 3.61. The van der Waals surface area contributed by atoms with Crippen molar-refractivity contribution < 1.29 is 4.79 Å². The lowest BCUT2D eigenvalue weighted by molar-refractivity contribution is 0.0944. The number of nitrogens with one attached hydrogen (secondary N) is 1. The second-order valence-corrected chi connectivity index (χ2v) is 6.69. The van der Waals surface area contributed by atoms with E-state index in [4.69, 9.17) is 0 Å². The van der Waals surface area contributed by atoms with Crippen LogP contribution >= 0.6 is 15.9 Å². The summed E-state index contributed by atoms with van der Waals surface area (Å²) in [6.07, 6.45) is 4.33. The van der Waals surface area contributed by atoms with E-state index in [0.717, 1.165) is 21.4 Å². The summed E-state index contributed by atoms with van der Waals surface area (Å²) in [7, 11) is 0. The monoisotopic (exact) mass is 370 g/mol. The predicted octanol–water partition coefficient (Wildman–Crippen LogP) is 3.30. The summed E-state index contributed by atoms with van der Waals surface area (Å²) in [6.45, 7) is 0.475. The van der Waals surface area contributed by atoms with Crippen LogP contribution in [0.1, 0.15) is 40.5 Å². The van der Waals surface area contributed by atoms with E-state index in [0.29, 0.717) is 18.2 Å². The molecule has 2 heterocycles. The summed E-state index contributed by atoms with van der Waals surface area (Å²) in [5.74, 6) is 0.392. The Hall–Kier alpha value is -2.21. The second kappa shape index (κ2) is 5.77. The van der Waals surface area contributed by atoms with Crippen molar-refractivity contribution in [1.29, 1.82) is 0 Å². The van der Waals surface area contributed by atoms with Crippen LogP contribution in [0.5, 0.6) is 0 Å². The first-order valence-corrected chi connectivity index (χ1v) is 8.37. The number of imidazole rings is 1. The number of fused-ring (bicyclic) bond motifs is 1. The summed E-state index contributed by atoms with van der Waals surface area (Å²) in [4.78, 5) is 16.8. The van der Waals surface area contributed by atoms with Crippen LogP contribution in [-0.2, 0) is 6.54 Å². The lowest BCUT2D eigenvalue weighted by Crippen LogP contribution is -2.24. The molecule has 116 valence electrons.